The lowest BCUT2D eigenvalue weighted by Crippen LogP contribution is -2.15. The van der Waals surface area contributed by atoms with Crippen molar-refractivity contribution >= 4 is 27.5 Å². The molecule has 0 N–H and O–H groups in total. The number of aromatic nitrogens is 2. The molecule has 1 aliphatic rings. The minimum Gasteiger partial charge on any atom is -0.236 e. The normalized spacial score (nSPS) is 24.9. The molecule has 1 aromatic rings. The first-order chi connectivity index (χ1) is 8.11. The Labute approximate surface area is 116 Å². The average molecular weight is 318 g/mol. The predicted molar refractivity (Wildman–Crippen MR) is 74.5 cm³/mol. The standard InChI is InChI=1S/C13H18BrClN2/c1-3-10-11(14)12(15)17-13(16-10)9-6-4-5-8(2)7-9/h8-9H,3-7H2,1-2H3. The fraction of sp³-hybridized carbons (Fsp3) is 0.692. The molecule has 4 heteroatoms. The molecule has 1 heterocycles. The van der Waals surface area contributed by atoms with Gasteiger partial charge in [0.05, 0.1) is 10.2 Å². The Morgan fingerprint density at radius 3 is 2.76 bits per heavy atom. The van der Waals surface area contributed by atoms with Crippen LogP contribution in [0, 0.1) is 5.92 Å². The monoisotopic (exact) mass is 316 g/mol. The van der Waals surface area contributed by atoms with E-state index in [-0.39, 0.29) is 0 Å². The van der Waals surface area contributed by atoms with Crippen LogP contribution in [0.3, 0.4) is 0 Å². The topological polar surface area (TPSA) is 25.8 Å². The minimum absolute atomic E-state index is 0.495. The zero-order valence-corrected chi connectivity index (χ0v) is 12.7. The van der Waals surface area contributed by atoms with Crippen molar-refractivity contribution in [3.05, 3.63) is 21.1 Å². The van der Waals surface area contributed by atoms with Gasteiger partial charge >= 0.3 is 0 Å². The Kier molecular flexibility index (Phi) is 4.42. The SMILES string of the molecule is CCc1nc(C2CCCC(C)C2)nc(Cl)c1Br. The Balaban J connectivity index is 2.29. The van der Waals surface area contributed by atoms with Crippen LogP contribution >= 0.6 is 27.5 Å². The van der Waals surface area contributed by atoms with E-state index in [0.29, 0.717) is 11.1 Å². The highest BCUT2D eigenvalue weighted by molar-refractivity contribution is 9.10. The van der Waals surface area contributed by atoms with Gasteiger partial charge in [-0.25, -0.2) is 9.97 Å². The highest BCUT2D eigenvalue weighted by Gasteiger charge is 2.24. The molecule has 2 rings (SSSR count). The number of aryl methyl sites for hydroxylation is 1. The lowest BCUT2D eigenvalue weighted by atomic mass is 9.82. The maximum Gasteiger partial charge on any atom is 0.147 e. The third-order valence-corrected chi connectivity index (χ3v) is 4.87. The molecule has 0 aliphatic heterocycles. The van der Waals surface area contributed by atoms with E-state index in [1.807, 2.05) is 0 Å². The van der Waals surface area contributed by atoms with E-state index in [1.165, 1.54) is 25.7 Å². The highest BCUT2D eigenvalue weighted by Crippen LogP contribution is 2.36. The summed E-state index contributed by atoms with van der Waals surface area (Å²) in [6, 6.07) is 0. The minimum atomic E-state index is 0.495. The van der Waals surface area contributed by atoms with Crippen molar-refractivity contribution in [2.45, 2.75) is 51.9 Å². The molecule has 0 spiro atoms. The zero-order chi connectivity index (χ0) is 12.4. The molecule has 1 saturated carbocycles. The second-order valence-corrected chi connectivity index (χ2v) is 6.11. The van der Waals surface area contributed by atoms with Crippen LogP contribution in [0.25, 0.3) is 0 Å². The first kappa shape index (κ1) is 13.3. The van der Waals surface area contributed by atoms with E-state index in [0.717, 1.165) is 28.3 Å². The average Bonchev–Trinajstić information content (AvgIpc) is 2.32. The number of rotatable bonds is 2. The van der Waals surface area contributed by atoms with Crippen LogP contribution in [0.5, 0.6) is 0 Å². The molecule has 94 valence electrons. The van der Waals surface area contributed by atoms with Crippen LogP contribution in [0.2, 0.25) is 5.15 Å². The van der Waals surface area contributed by atoms with Gasteiger partial charge < -0.3 is 0 Å². The van der Waals surface area contributed by atoms with E-state index in [1.54, 1.807) is 0 Å². The maximum atomic E-state index is 6.16. The van der Waals surface area contributed by atoms with Crippen molar-refractivity contribution in [2.24, 2.45) is 5.92 Å². The summed E-state index contributed by atoms with van der Waals surface area (Å²) in [5.41, 5.74) is 1.03. The molecule has 1 aliphatic carbocycles. The van der Waals surface area contributed by atoms with Gasteiger partial charge in [-0.1, -0.05) is 38.3 Å². The second-order valence-electron chi connectivity index (χ2n) is 4.96. The van der Waals surface area contributed by atoms with Crippen molar-refractivity contribution in [3.63, 3.8) is 0 Å². The van der Waals surface area contributed by atoms with Crippen molar-refractivity contribution < 1.29 is 0 Å². The van der Waals surface area contributed by atoms with E-state index >= 15 is 0 Å². The molecular formula is C13H18BrClN2. The van der Waals surface area contributed by atoms with Crippen LogP contribution in [0.1, 0.15) is 57.0 Å². The molecule has 0 bridgehead atoms. The summed E-state index contributed by atoms with van der Waals surface area (Å²) >= 11 is 9.61. The first-order valence-electron chi connectivity index (χ1n) is 6.33. The Morgan fingerprint density at radius 2 is 2.12 bits per heavy atom. The van der Waals surface area contributed by atoms with Crippen LogP contribution in [0.15, 0.2) is 4.47 Å². The second kappa shape index (κ2) is 5.66. The Bertz CT molecular complexity index is 409. The summed E-state index contributed by atoms with van der Waals surface area (Å²) in [4.78, 5) is 9.11. The van der Waals surface area contributed by atoms with E-state index in [2.05, 4.69) is 39.7 Å². The molecule has 0 amide bonds. The Hall–Kier alpha value is -0.150. The lowest BCUT2D eigenvalue weighted by molar-refractivity contribution is 0.334. The summed E-state index contributed by atoms with van der Waals surface area (Å²) in [5.74, 6) is 2.22. The van der Waals surface area contributed by atoms with Gasteiger partial charge in [0.15, 0.2) is 0 Å². The fourth-order valence-electron chi connectivity index (χ4n) is 2.57. The van der Waals surface area contributed by atoms with Gasteiger partial charge in [0, 0.05) is 5.92 Å². The smallest absolute Gasteiger partial charge is 0.147 e. The molecule has 2 nitrogen and oxygen atoms in total. The van der Waals surface area contributed by atoms with E-state index in [9.17, 15) is 0 Å². The van der Waals surface area contributed by atoms with Crippen LogP contribution in [-0.2, 0) is 6.42 Å². The van der Waals surface area contributed by atoms with E-state index < -0.39 is 0 Å². The lowest BCUT2D eigenvalue weighted by Gasteiger charge is -2.26. The molecule has 2 atom stereocenters. The number of hydrogen-bond donors (Lipinski definition) is 0. The third kappa shape index (κ3) is 3.00. The summed E-state index contributed by atoms with van der Waals surface area (Å²) in [7, 11) is 0. The molecular weight excluding hydrogens is 300 g/mol. The van der Waals surface area contributed by atoms with Gasteiger partial charge in [0.1, 0.15) is 11.0 Å². The number of halogens is 2. The summed E-state index contributed by atoms with van der Waals surface area (Å²) < 4.78 is 0.856. The highest BCUT2D eigenvalue weighted by atomic mass is 79.9. The molecule has 0 aromatic carbocycles. The third-order valence-electron chi connectivity index (χ3n) is 3.53. The largest absolute Gasteiger partial charge is 0.236 e. The van der Waals surface area contributed by atoms with Crippen molar-refractivity contribution in [1.29, 1.82) is 0 Å². The summed E-state index contributed by atoms with van der Waals surface area (Å²) in [5, 5.41) is 0.560. The summed E-state index contributed by atoms with van der Waals surface area (Å²) in [6.07, 6.45) is 5.90. The molecule has 0 saturated heterocycles. The van der Waals surface area contributed by atoms with E-state index in [4.69, 9.17) is 11.6 Å². The molecule has 1 fully saturated rings. The quantitative estimate of drug-likeness (QED) is 0.736. The van der Waals surface area contributed by atoms with Crippen LogP contribution < -0.4 is 0 Å². The Morgan fingerprint density at radius 1 is 1.35 bits per heavy atom. The predicted octanol–water partition coefficient (Wildman–Crippen LogP) is 4.75. The molecule has 2 unspecified atom stereocenters. The fourth-order valence-corrected chi connectivity index (χ4v) is 3.22. The number of hydrogen-bond acceptors (Lipinski definition) is 2. The van der Waals surface area contributed by atoms with Gasteiger partial charge in [-0.3, -0.25) is 0 Å². The van der Waals surface area contributed by atoms with Gasteiger partial charge in [-0.05, 0) is 41.1 Å². The van der Waals surface area contributed by atoms with Gasteiger partial charge in [-0.2, -0.15) is 0 Å². The molecule has 17 heavy (non-hydrogen) atoms. The van der Waals surface area contributed by atoms with Gasteiger partial charge in [0.25, 0.3) is 0 Å². The molecule has 1 aromatic heterocycles. The van der Waals surface area contributed by atoms with Crippen molar-refractivity contribution in [2.75, 3.05) is 0 Å². The zero-order valence-electron chi connectivity index (χ0n) is 10.3. The van der Waals surface area contributed by atoms with Crippen molar-refractivity contribution in [1.82, 2.24) is 9.97 Å². The first-order valence-corrected chi connectivity index (χ1v) is 7.50. The van der Waals surface area contributed by atoms with Gasteiger partial charge in [-0.15, -0.1) is 0 Å². The molecule has 0 radical (unpaired) electrons. The number of nitrogens with zero attached hydrogens (tertiary/aromatic N) is 2. The maximum absolute atomic E-state index is 6.16. The van der Waals surface area contributed by atoms with Crippen LogP contribution in [-0.4, -0.2) is 9.97 Å². The van der Waals surface area contributed by atoms with Gasteiger partial charge in [0.2, 0.25) is 0 Å². The van der Waals surface area contributed by atoms with Crippen LogP contribution in [0.4, 0.5) is 0 Å². The van der Waals surface area contributed by atoms with Crippen molar-refractivity contribution in [3.8, 4) is 0 Å². The summed E-state index contributed by atoms with van der Waals surface area (Å²) in [6.45, 7) is 4.41.